The van der Waals surface area contributed by atoms with E-state index >= 15 is 0 Å². The van der Waals surface area contributed by atoms with Gasteiger partial charge in [0.25, 0.3) is 0 Å². The fourth-order valence-corrected chi connectivity index (χ4v) is 2.52. The zero-order valence-corrected chi connectivity index (χ0v) is 12.3. The average molecular weight is 281 g/mol. The fraction of sp³-hybridized carbons (Fsp3) is 0.278. The maximum atomic E-state index is 12.7. The molecule has 1 N–H and O–H groups in total. The molecule has 1 aliphatic heterocycles. The number of nitrogens with one attached hydrogen (secondary N) is 1. The van der Waals surface area contributed by atoms with Gasteiger partial charge in [0, 0.05) is 12.1 Å². The van der Waals surface area contributed by atoms with Crippen LogP contribution < -0.4 is 10.1 Å². The zero-order valence-electron chi connectivity index (χ0n) is 12.3. The van der Waals surface area contributed by atoms with Crippen molar-refractivity contribution in [3.8, 4) is 5.75 Å². The van der Waals surface area contributed by atoms with E-state index in [2.05, 4.69) is 19.2 Å². The van der Waals surface area contributed by atoms with Gasteiger partial charge in [0.2, 0.25) is 0 Å². The van der Waals surface area contributed by atoms with Crippen molar-refractivity contribution < 1.29 is 9.53 Å². The van der Waals surface area contributed by atoms with Crippen molar-refractivity contribution in [3.63, 3.8) is 0 Å². The maximum absolute atomic E-state index is 12.7. The van der Waals surface area contributed by atoms with Crippen LogP contribution in [0.4, 0.5) is 5.69 Å². The van der Waals surface area contributed by atoms with Gasteiger partial charge in [0.1, 0.15) is 6.61 Å². The Morgan fingerprint density at radius 2 is 1.90 bits per heavy atom. The number of carbonyl (C=O) groups excluding carboxylic acids is 1. The number of ether oxygens (including phenoxy) is 1. The number of carbonyl (C=O) groups is 1. The van der Waals surface area contributed by atoms with Crippen molar-refractivity contribution in [1.82, 2.24) is 0 Å². The first-order valence-electron chi connectivity index (χ1n) is 7.31. The lowest BCUT2D eigenvalue weighted by Gasteiger charge is -2.21. The Balaban J connectivity index is 1.95. The van der Waals surface area contributed by atoms with E-state index in [9.17, 15) is 4.79 Å². The van der Waals surface area contributed by atoms with Gasteiger partial charge in [-0.2, -0.15) is 0 Å². The normalized spacial score (nSPS) is 13.3. The van der Waals surface area contributed by atoms with E-state index in [0.717, 1.165) is 12.2 Å². The third-order valence-electron chi connectivity index (χ3n) is 3.76. The van der Waals surface area contributed by atoms with Crippen LogP contribution in [0.1, 0.15) is 41.3 Å². The Kier molecular flexibility index (Phi) is 3.65. The highest BCUT2D eigenvalue weighted by molar-refractivity contribution is 6.11. The molecule has 0 saturated carbocycles. The summed E-state index contributed by atoms with van der Waals surface area (Å²) in [7, 11) is 0. The second-order valence-corrected chi connectivity index (χ2v) is 5.56. The minimum Gasteiger partial charge on any atom is -0.489 e. The van der Waals surface area contributed by atoms with Gasteiger partial charge in [-0.25, -0.2) is 0 Å². The first kappa shape index (κ1) is 13.7. The molecule has 3 rings (SSSR count). The molecule has 0 saturated heterocycles. The van der Waals surface area contributed by atoms with E-state index in [0.29, 0.717) is 29.4 Å². The Morgan fingerprint density at radius 3 is 2.62 bits per heavy atom. The van der Waals surface area contributed by atoms with Crippen molar-refractivity contribution in [2.24, 2.45) is 0 Å². The summed E-state index contributed by atoms with van der Waals surface area (Å²) in [6.07, 6.45) is 0. The van der Waals surface area contributed by atoms with Gasteiger partial charge in [0.05, 0.1) is 11.3 Å². The minimum atomic E-state index is 0.00542. The molecular formula is C18H19NO2. The smallest absolute Gasteiger partial charge is 0.196 e. The Hall–Kier alpha value is -2.29. The largest absolute Gasteiger partial charge is 0.489 e. The van der Waals surface area contributed by atoms with Gasteiger partial charge >= 0.3 is 0 Å². The van der Waals surface area contributed by atoms with E-state index in [-0.39, 0.29) is 5.78 Å². The van der Waals surface area contributed by atoms with E-state index in [4.69, 9.17) is 4.74 Å². The van der Waals surface area contributed by atoms with Crippen LogP contribution >= 0.6 is 0 Å². The molecule has 2 aromatic carbocycles. The number of hydrogen-bond donors (Lipinski definition) is 1. The molecule has 0 bridgehead atoms. The van der Waals surface area contributed by atoms with Crippen LogP contribution in [0.15, 0.2) is 42.5 Å². The molecule has 3 heteroatoms. The number of rotatable bonds is 3. The lowest BCUT2D eigenvalue weighted by Crippen LogP contribution is -2.20. The molecule has 0 amide bonds. The summed E-state index contributed by atoms with van der Waals surface area (Å²) >= 11 is 0. The molecule has 21 heavy (non-hydrogen) atoms. The number of benzene rings is 2. The van der Waals surface area contributed by atoms with Gasteiger partial charge < -0.3 is 10.1 Å². The predicted molar refractivity (Wildman–Crippen MR) is 84.4 cm³/mol. The van der Waals surface area contributed by atoms with Gasteiger partial charge in [0.15, 0.2) is 11.5 Å². The van der Waals surface area contributed by atoms with Crippen LogP contribution in [0.5, 0.6) is 5.75 Å². The van der Waals surface area contributed by atoms with Crippen LogP contribution in [0, 0.1) is 0 Å². The highest BCUT2D eigenvalue weighted by Crippen LogP contribution is 2.32. The quantitative estimate of drug-likeness (QED) is 0.869. The topological polar surface area (TPSA) is 38.3 Å². The Labute approximate surface area is 124 Å². The summed E-state index contributed by atoms with van der Waals surface area (Å²) in [6.45, 7) is 5.64. The van der Waals surface area contributed by atoms with E-state index < -0.39 is 0 Å². The van der Waals surface area contributed by atoms with Crippen molar-refractivity contribution in [2.45, 2.75) is 19.8 Å². The first-order chi connectivity index (χ1) is 10.2. The van der Waals surface area contributed by atoms with Gasteiger partial charge in [-0.15, -0.1) is 0 Å². The molecule has 0 aromatic heterocycles. The molecule has 1 aliphatic rings. The fourth-order valence-electron chi connectivity index (χ4n) is 2.52. The van der Waals surface area contributed by atoms with Crippen LogP contribution in [-0.2, 0) is 0 Å². The molecule has 0 spiro atoms. The summed E-state index contributed by atoms with van der Waals surface area (Å²) in [6, 6.07) is 13.5. The molecule has 0 atom stereocenters. The second-order valence-electron chi connectivity index (χ2n) is 5.56. The number of anilines is 1. The molecular weight excluding hydrogens is 262 g/mol. The summed E-state index contributed by atoms with van der Waals surface area (Å²) < 4.78 is 5.68. The number of fused-ring (bicyclic) bond motifs is 1. The SMILES string of the molecule is CC(C)c1ccc(C(=O)c2cccc3c2OCCN3)cc1. The molecule has 0 fully saturated rings. The third kappa shape index (κ3) is 2.64. The number of para-hydroxylation sites is 1. The monoisotopic (exact) mass is 281 g/mol. The standard InChI is InChI=1S/C18H19NO2/c1-12(2)13-6-8-14(9-7-13)17(20)15-4-3-5-16-18(15)21-11-10-19-16/h3-9,12,19H,10-11H2,1-2H3. The third-order valence-corrected chi connectivity index (χ3v) is 3.76. The van der Waals surface area contributed by atoms with Crippen molar-refractivity contribution in [3.05, 3.63) is 59.2 Å². The van der Waals surface area contributed by atoms with Crippen molar-refractivity contribution in [2.75, 3.05) is 18.5 Å². The van der Waals surface area contributed by atoms with E-state index in [1.165, 1.54) is 5.56 Å². The number of hydrogen-bond acceptors (Lipinski definition) is 3. The zero-order chi connectivity index (χ0) is 14.8. The Bertz CT molecular complexity index is 659. The minimum absolute atomic E-state index is 0.00542. The molecule has 108 valence electrons. The molecule has 0 radical (unpaired) electrons. The van der Waals surface area contributed by atoms with E-state index in [1.807, 2.05) is 42.5 Å². The summed E-state index contributed by atoms with van der Waals surface area (Å²) in [5, 5.41) is 3.26. The summed E-state index contributed by atoms with van der Waals surface area (Å²) in [4.78, 5) is 12.7. The van der Waals surface area contributed by atoms with E-state index in [1.54, 1.807) is 0 Å². The lowest BCUT2D eigenvalue weighted by atomic mass is 9.97. The van der Waals surface area contributed by atoms with Gasteiger partial charge in [-0.1, -0.05) is 44.2 Å². The predicted octanol–water partition coefficient (Wildman–Crippen LogP) is 3.85. The van der Waals surface area contributed by atoms with Gasteiger partial charge in [-0.05, 0) is 23.6 Å². The molecule has 3 nitrogen and oxygen atoms in total. The average Bonchev–Trinajstić information content (AvgIpc) is 2.53. The van der Waals surface area contributed by atoms with Crippen LogP contribution in [0.3, 0.4) is 0 Å². The molecule has 0 aliphatic carbocycles. The number of ketones is 1. The summed E-state index contributed by atoms with van der Waals surface area (Å²) in [5.74, 6) is 1.14. The lowest BCUT2D eigenvalue weighted by molar-refractivity contribution is 0.103. The highest BCUT2D eigenvalue weighted by Gasteiger charge is 2.20. The van der Waals surface area contributed by atoms with Crippen LogP contribution in [-0.4, -0.2) is 18.9 Å². The second kappa shape index (κ2) is 5.60. The van der Waals surface area contributed by atoms with Crippen LogP contribution in [0.25, 0.3) is 0 Å². The molecule has 0 unspecified atom stereocenters. The summed E-state index contributed by atoms with van der Waals surface area (Å²) in [5.41, 5.74) is 3.45. The highest BCUT2D eigenvalue weighted by atomic mass is 16.5. The molecule has 1 heterocycles. The molecule has 2 aromatic rings. The first-order valence-corrected chi connectivity index (χ1v) is 7.31. The van der Waals surface area contributed by atoms with Gasteiger partial charge in [-0.3, -0.25) is 4.79 Å². The van der Waals surface area contributed by atoms with Crippen molar-refractivity contribution in [1.29, 1.82) is 0 Å². The van der Waals surface area contributed by atoms with Crippen molar-refractivity contribution >= 4 is 11.5 Å². The van der Waals surface area contributed by atoms with Crippen LogP contribution in [0.2, 0.25) is 0 Å². The maximum Gasteiger partial charge on any atom is 0.196 e. The Morgan fingerprint density at radius 1 is 1.14 bits per heavy atom.